The second-order valence-electron chi connectivity index (χ2n) is 8.09. The molecule has 2 aromatic carbocycles. The molecule has 204 valence electrons. The van der Waals surface area contributed by atoms with Gasteiger partial charge in [-0.25, -0.2) is 14.4 Å². The lowest BCUT2D eigenvalue weighted by Gasteiger charge is -2.18. The molecule has 0 saturated carbocycles. The standard InChI is InChI=1S/C27H32N2O9/c1-4-22(25(31)32)28-24(30)7-5-6-23(26(33)37-16-18-8-12-20(35-2)13-9-18)29-27(34)38-17-19-10-14-21(36-3)15-11-19/h4,8-15,22-23H,1,5-7,16-17H2,2-3H3,(H,28,30)(H,29,34)(H,31,32)/t22-,23-/m0/s1. The highest BCUT2D eigenvalue weighted by atomic mass is 16.6. The lowest BCUT2D eigenvalue weighted by Crippen LogP contribution is -2.42. The summed E-state index contributed by atoms with van der Waals surface area (Å²) in [5.41, 5.74) is 1.43. The number of amides is 2. The molecule has 3 N–H and O–H groups in total. The second kappa shape index (κ2) is 15.5. The topological polar surface area (TPSA) is 149 Å². The fourth-order valence-corrected chi connectivity index (χ4v) is 3.21. The number of alkyl carbamates (subject to hydrolysis) is 1. The number of ether oxygens (including phenoxy) is 4. The zero-order valence-corrected chi connectivity index (χ0v) is 21.3. The third-order valence-corrected chi connectivity index (χ3v) is 5.36. The van der Waals surface area contributed by atoms with Gasteiger partial charge in [0.25, 0.3) is 0 Å². The number of carboxylic acids is 1. The SMILES string of the molecule is C=C[C@H](NC(=O)CCC[C@H](NC(=O)OCc1ccc(OC)cc1)C(=O)OCc1ccc(OC)cc1)C(=O)O. The largest absolute Gasteiger partial charge is 0.497 e. The molecule has 0 saturated heterocycles. The van der Waals surface area contributed by atoms with E-state index < -0.39 is 36.0 Å². The van der Waals surface area contributed by atoms with Gasteiger partial charge in [-0.2, -0.15) is 0 Å². The van der Waals surface area contributed by atoms with E-state index in [9.17, 15) is 19.2 Å². The summed E-state index contributed by atoms with van der Waals surface area (Å²) >= 11 is 0. The Balaban J connectivity index is 1.95. The van der Waals surface area contributed by atoms with Gasteiger partial charge in [-0.15, -0.1) is 6.58 Å². The van der Waals surface area contributed by atoms with Crippen LogP contribution in [0.15, 0.2) is 61.2 Å². The summed E-state index contributed by atoms with van der Waals surface area (Å²) < 4.78 is 20.8. The summed E-state index contributed by atoms with van der Waals surface area (Å²) in [5, 5.41) is 13.8. The Morgan fingerprint density at radius 3 is 1.87 bits per heavy atom. The first-order valence-corrected chi connectivity index (χ1v) is 11.8. The van der Waals surface area contributed by atoms with Crippen LogP contribution in [-0.2, 0) is 37.1 Å². The number of benzene rings is 2. The quantitative estimate of drug-likeness (QED) is 0.234. The van der Waals surface area contributed by atoms with E-state index in [0.717, 1.165) is 6.08 Å². The van der Waals surface area contributed by atoms with Crippen molar-refractivity contribution < 1.29 is 43.2 Å². The number of rotatable bonds is 15. The smallest absolute Gasteiger partial charge is 0.408 e. The number of esters is 1. The Hall–Kier alpha value is -4.54. The number of methoxy groups -OCH3 is 2. The maximum absolute atomic E-state index is 12.8. The Labute approximate surface area is 220 Å². The number of hydrogen-bond donors (Lipinski definition) is 3. The number of carbonyl (C=O) groups is 4. The number of aliphatic carboxylic acids is 1. The van der Waals surface area contributed by atoms with E-state index in [2.05, 4.69) is 17.2 Å². The third-order valence-electron chi connectivity index (χ3n) is 5.36. The predicted molar refractivity (Wildman–Crippen MR) is 137 cm³/mol. The van der Waals surface area contributed by atoms with Crippen LogP contribution in [0.3, 0.4) is 0 Å². The molecule has 0 aromatic heterocycles. The van der Waals surface area contributed by atoms with Crippen molar-refractivity contribution in [3.8, 4) is 11.5 Å². The van der Waals surface area contributed by atoms with Crippen LogP contribution in [-0.4, -0.2) is 55.3 Å². The van der Waals surface area contributed by atoms with E-state index in [1.54, 1.807) is 62.8 Å². The predicted octanol–water partition coefficient (Wildman–Crippen LogP) is 2.97. The Bertz CT molecular complexity index is 1080. The van der Waals surface area contributed by atoms with Crippen molar-refractivity contribution in [1.29, 1.82) is 0 Å². The van der Waals surface area contributed by atoms with Crippen LogP contribution in [0.5, 0.6) is 11.5 Å². The molecule has 0 spiro atoms. The number of carboxylic acid groups (broad SMARTS) is 1. The average Bonchev–Trinajstić information content (AvgIpc) is 2.93. The molecule has 2 rings (SSSR count). The number of hydrogen-bond acceptors (Lipinski definition) is 8. The van der Waals surface area contributed by atoms with Crippen LogP contribution >= 0.6 is 0 Å². The molecule has 11 nitrogen and oxygen atoms in total. The van der Waals surface area contributed by atoms with Crippen molar-refractivity contribution >= 4 is 23.9 Å². The normalized spacial score (nSPS) is 11.8. The summed E-state index contributed by atoms with van der Waals surface area (Å²) in [5.74, 6) is -1.18. The monoisotopic (exact) mass is 528 g/mol. The molecule has 11 heteroatoms. The molecule has 2 amide bonds. The molecule has 0 aliphatic heterocycles. The van der Waals surface area contributed by atoms with Crippen molar-refractivity contribution in [1.82, 2.24) is 10.6 Å². The molecule has 0 unspecified atom stereocenters. The molecular weight excluding hydrogens is 496 g/mol. The van der Waals surface area contributed by atoms with Crippen LogP contribution in [0.25, 0.3) is 0 Å². The summed E-state index contributed by atoms with van der Waals surface area (Å²) in [7, 11) is 3.08. The minimum absolute atomic E-state index is 0.0377. The van der Waals surface area contributed by atoms with Gasteiger partial charge in [0.2, 0.25) is 5.91 Å². The molecule has 0 aliphatic carbocycles. The van der Waals surface area contributed by atoms with Crippen molar-refractivity contribution in [2.24, 2.45) is 0 Å². The molecule has 2 aromatic rings. The van der Waals surface area contributed by atoms with Gasteiger partial charge < -0.3 is 34.7 Å². The molecule has 0 aliphatic rings. The highest BCUT2D eigenvalue weighted by Gasteiger charge is 2.24. The summed E-state index contributed by atoms with van der Waals surface area (Å²) in [4.78, 5) is 48.4. The Morgan fingerprint density at radius 1 is 0.868 bits per heavy atom. The van der Waals surface area contributed by atoms with E-state index in [1.165, 1.54) is 0 Å². The van der Waals surface area contributed by atoms with Crippen molar-refractivity contribution in [2.75, 3.05) is 14.2 Å². The Morgan fingerprint density at radius 2 is 1.39 bits per heavy atom. The van der Waals surface area contributed by atoms with Crippen LogP contribution in [0, 0.1) is 0 Å². The molecule has 0 fully saturated rings. The van der Waals surface area contributed by atoms with Gasteiger partial charge in [0.1, 0.15) is 36.8 Å². The molecule has 0 bridgehead atoms. The maximum Gasteiger partial charge on any atom is 0.408 e. The van der Waals surface area contributed by atoms with E-state index in [-0.39, 0.29) is 32.5 Å². The highest BCUT2D eigenvalue weighted by Crippen LogP contribution is 2.14. The molecule has 38 heavy (non-hydrogen) atoms. The second-order valence-corrected chi connectivity index (χ2v) is 8.09. The van der Waals surface area contributed by atoms with Crippen LogP contribution in [0.2, 0.25) is 0 Å². The van der Waals surface area contributed by atoms with E-state index >= 15 is 0 Å². The minimum atomic E-state index is -1.24. The number of nitrogens with one attached hydrogen (secondary N) is 2. The lowest BCUT2D eigenvalue weighted by molar-refractivity contribution is -0.147. The van der Waals surface area contributed by atoms with Gasteiger partial charge >= 0.3 is 18.0 Å². The van der Waals surface area contributed by atoms with Crippen molar-refractivity contribution in [3.05, 3.63) is 72.3 Å². The first-order valence-electron chi connectivity index (χ1n) is 11.8. The zero-order valence-electron chi connectivity index (χ0n) is 21.3. The fourth-order valence-electron chi connectivity index (χ4n) is 3.21. The van der Waals surface area contributed by atoms with Gasteiger partial charge in [-0.1, -0.05) is 30.3 Å². The summed E-state index contributed by atoms with van der Waals surface area (Å²) in [6.07, 6.45) is 0.395. The van der Waals surface area contributed by atoms with Gasteiger partial charge in [0.15, 0.2) is 0 Å². The highest BCUT2D eigenvalue weighted by molar-refractivity contribution is 5.85. The van der Waals surface area contributed by atoms with Crippen LogP contribution < -0.4 is 20.1 Å². The minimum Gasteiger partial charge on any atom is -0.497 e. The first-order chi connectivity index (χ1) is 18.2. The van der Waals surface area contributed by atoms with Crippen LogP contribution in [0.1, 0.15) is 30.4 Å². The average molecular weight is 529 g/mol. The Kier molecular flexibility index (Phi) is 12.1. The van der Waals surface area contributed by atoms with E-state index in [1.807, 2.05) is 0 Å². The van der Waals surface area contributed by atoms with Gasteiger partial charge in [0, 0.05) is 6.42 Å². The molecule has 0 heterocycles. The molecule has 2 atom stereocenters. The lowest BCUT2D eigenvalue weighted by atomic mass is 10.1. The first kappa shape index (κ1) is 29.7. The zero-order chi connectivity index (χ0) is 27.9. The third kappa shape index (κ3) is 10.2. The summed E-state index contributed by atoms with van der Waals surface area (Å²) in [6.45, 7) is 3.29. The van der Waals surface area contributed by atoms with Crippen molar-refractivity contribution in [2.45, 2.75) is 44.6 Å². The number of carbonyl (C=O) groups excluding carboxylic acids is 3. The van der Waals surface area contributed by atoms with E-state index in [0.29, 0.717) is 22.6 Å². The van der Waals surface area contributed by atoms with Crippen molar-refractivity contribution in [3.63, 3.8) is 0 Å². The molecular formula is C27H32N2O9. The summed E-state index contributed by atoms with van der Waals surface area (Å²) in [6, 6.07) is 11.5. The van der Waals surface area contributed by atoms with Gasteiger partial charge in [0.05, 0.1) is 14.2 Å². The van der Waals surface area contributed by atoms with Gasteiger partial charge in [-0.05, 0) is 48.2 Å². The van der Waals surface area contributed by atoms with Crippen LogP contribution in [0.4, 0.5) is 4.79 Å². The fraction of sp³-hybridized carbons (Fsp3) is 0.333. The molecule has 0 radical (unpaired) electrons. The van der Waals surface area contributed by atoms with E-state index in [4.69, 9.17) is 24.1 Å². The van der Waals surface area contributed by atoms with Gasteiger partial charge in [-0.3, -0.25) is 4.79 Å². The maximum atomic E-state index is 12.8.